The van der Waals surface area contributed by atoms with Crippen LogP contribution in [-0.2, 0) is 9.53 Å². The highest BCUT2D eigenvalue weighted by atomic mass is 16.5. The molecule has 0 amide bonds. The average Bonchev–Trinajstić information content (AvgIpc) is 2.48. The molecule has 0 saturated heterocycles. The molecule has 1 N–H and O–H groups in total. The van der Waals surface area contributed by atoms with Gasteiger partial charge in [0.15, 0.2) is 0 Å². The summed E-state index contributed by atoms with van der Waals surface area (Å²) in [5.74, 6) is -1.16. The van der Waals surface area contributed by atoms with Crippen LogP contribution in [0.25, 0.3) is 0 Å². The van der Waals surface area contributed by atoms with E-state index in [1.54, 1.807) is 18.2 Å². The van der Waals surface area contributed by atoms with Gasteiger partial charge in [-0.1, -0.05) is 19.4 Å². The molecule has 21 heavy (non-hydrogen) atoms. The number of aliphatic carboxylic acids is 1. The predicted molar refractivity (Wildman–Crippen MR) is 81.8 cm³/mol. The first kappa shape index (κ1) is 17.0. The molecule has 0 unspecified atom stereocenters. The van der Waals surface area contributed by atoms with Crippen molar-refractivity contribution in [3.05, 3.63) is 29.8 Å². The lowest BCUT2D eigenvalue weighted by Gasteiger charge is -2.22. The zero-order valence-corrected chi connectivity index (χ0v) is 12.7. The van der Waals surface area contributed by atoms with E-state index < -0.39 is 5.97 Å². The van der Waals surface area contributed by atoms with Gasteiger partial charge in [-0.2, -0.15) is 0 Å². The van der Waals surface area contributed by atoms with E-state index in [9.17, 15) is 9.59 Å². The fourth-order valence-corrected chi connectivity index (χ4v) is 1.92. The lowest BCUT2D eigenvalue weighted by molar-refractivity contribution is -0.136. The maximum atomic E-state index is 11.9. The van der Waals surface area contributed by atoms with Gasteiger partial charge in [0, 0.05) is 18.8 Å². The largest absolute Gasteiger partial charge is 0.481 e. The summed E-state index contributed by atoms with van der Waals surface area (Å²) in [6.07, 6.45) is 1.90. The SMILES string of the molecule is CCCCOC(=O)c1cccc(N(CC)CCC(=O)O)c1. The van der Waals surface area contributed by atoms with Gasteiger partial charge in [-0.25, -0.2) is 4.79 Å². The third-order valence-corrected chi connectivity index (χ3v) is 3.16. The summed E-state index contributed by atoms with van der Waals surface area (Å²) in [4.78, 5) is 24.5. The molecule has 1 aromatic rings. The Balaban J connectivity index is 2.73. The molecule has 5 heteroatoms. The number of benzene rings is 1. The summed E-state index contributed by atoms with van der Waals surface area (Å²) in [5, 5.41) is 8.77. The van der Waals surface area contributed by atoms with E-state index in [2.05, 4.69) is 0 Å². The van der Waals surface area contributed by atoms with Crippen LogP contribution in [0.3, 0.4) is 0 Å². The van der Waals surface area contributed by atoms with Gasteiger partial charge < -0.3 is 14.7 Å². The number of hydrogen-bond acceptors (Lipinski definition) is 4. The minimum Gasteiger partial charge on any atom is -0.481 e. The van der Waals surface area contributed by atoms with Crippen LogP contribution in [0.1, 0.15) is 43.5 Å². The highest BCUT2D eigenvalue weighted by molar-refractivity contribution is 5.90. The van der Waals surface area contributed by atoms with Gasteiger partial charge in [0.2, 0.25) is 0 Å². The maximum Gasteiger partial charge on any atom is 0.338 e. The zero-order valence-electron chi connectivity index (χ0n) is 12.7. The highest BCUT2D eigenvalue weighted by Gasteiger charge is 2.11. The second-order valence-corrected chi connectivity index (χ2v) is 4.76. The Morgan fingerprint density at radius 1 is 1.29 bits per heavy atom. The maximum absolute atomic E-state index is 11.9. The Labute approximate surface area is 125 Å². The first-order valence-corrected chi connectivity index (χ1v) is 7.32. The number of carbonyl (C=O) groups is 2. The van der Waals surface area contributed by atoms with E-state index >= 15 is 0 Å². The fourth-order valence-electron chi connectivity index (χ4n) is 1.92. The van der Waals surface area contributed by atoms with Gasteiger partial charge in [-0.15, -0.1) is 0 Å². The molecule has 0 saturated carbocycles. The Morgan fingerprint density at radius 3 is 2.67 bits per heavy atom. The molecule has 0 radical (unpaired) electrons. The molecule has 0 spiro atoms. The van der Waals surface area contributed by atoms with E-state index in [-0.39, 0.29) is 12.4 Å². The van der Waals surface area contributed by atoms with Crippen LogP contribution in [0.2, 0.25) is 0 Å². The number of carboxylic acid groups (broad SMARTS) is 1. The van der Waals surface area contributed by atoms with Crippen LogP contribution < -0.4 is 4.90 Å². The average molecular weight is 293 g/mol. The Kier molecular flexibility index (Phi) is 7.29. The van der Waals surface area contributed by atoms with Crippen molar-refractivity contribution < 1.29 is 19.4 Å². The molecule has 5 nitrogen and oxygen atoms in total. The van der Waals surface area contributed by atoms with Crippen LogP contribution in [0.15, 0.2) is 24.3 Å². The van der Waals surface area contributed by atoms with Crippen molar-refractivity contribution in [3.8, 4) is 0 Å². The van der Waals surface area contributed by atoms with E-state index in [1.807, 2.05) is 24.8 Å². The molecule has 0 aromatic heterocycles. The number of nitrogens with zero attached hydrogens (tertiary/aromatic N) is 1. The van der Waals surface area contributed by atoms with E-state index in [1.165, 1.54) is 0 Å². The third kappa shape index (κ3) is 5.85. The van der Waals surface area contributed by atoms with Crippen molar-refractivity contribution >= 4 is 17.6 Å². The third-order valence-electron chi connectivity index (χ3n) is 3.16. The second kappa shape index (κ2) is 9.00. The highest BCUT2D eigenvalue weighted by Crippen LogP contribution is 2.17. The minimum absolute atomic E-state index is 0.0685. The van der Waals surface area contributed by atoms with Crippen molar-refractivity contribution in [2.45, 2.75) is 33.1 Å². The van der Waals surface area contributed by atoms with Crippen LogP contribution in [0.4, 0.5) is 5.69 Å². The zero-order chi connectivity index (χ0) is 15.7. The number of ether oxygens (including phenoxy) is 1. The minimum atomic E-state index is -0.830. The number of anilines is 1. The topological polar surface area (TPSA) is 66.8 Å². The van der Waals surface area contributed by atoms with Crippen molar-refractivity contribution in [1.82, 2.24) is 0 Å². The monoisotopic (exact) mass is 293 g/mol. The molecule has 0 heterocycles. The van der Waals surface area contributed by atoms with Crippen molar-refractivity contribution in [2.75, 3.05) is 24.6 Å². The molecule has 0 bridgehead atoms. The Bertz CT molecular complexity index is 473. The quantitative estimate of drug-likeness (QED) is 0.560. The lowest BCUT2D eigenvalue weighted by Crippen LogP contribution is -2.26. The van der Waals surface area contributed by atoms with Gasteiger partial charge >= 0.3 is 11.9 Å². The molecule has 1 rings (SSSR count). The van der Waals surface area contributed by atoms with Gasteiger partial charge in [0.25, 0.3) is 0 Å². The number of carbonyl (C=O) groups excluding carboxylic acids is 1. The second-order valence-electron chi connectivity index (χ2n) is 4.76. The standard InChI is InChI=1S/C16H23NO4/c1-3-5-11-21-16(20)13-7-6-8-14(12-13)17(4-2)10-9-15(18)19/h6-8,12H,3-5,9-11H2,1-2H3,(H,18,19). The summed E-state index contributed by atoms with van der Waals surface area (Å²) >= 11 is 0. The van der Waals surface area contributed by atoms with Crippen molar-refractivity contribution in [2.24, 2.45) is 0 Å². The summed E-state index contributed by atoms with van der Waals surface area (Å²) in [6.45, 7) is 5.52. The molecule has 0 atom stereocenters. The summed E-state index contributed by atoms with van der Waals surface area (Å²) < 4.78 is 5.18. The van der Waals surface area contributed by atoms with Gasteiger partial charge in [0.05, 0.1) is 18.6 Å². The number of unbranched alkanes of at least 4 members (excludes halogenated alkanes) is 1. The van der Waals surface area contributed by atoms with Gasteiger partial charge in [0.1, 0.15) is 0 Å². The predicted octanol–water partition coefficient (Wildman–Crippen LogP) is 2.94. The lowest BCUT2D eigenvalue weighted by atomic mass is 10.2. The normalized spacial score (nSPS) is 10.2. The smallest absolute Gasteiger partial charge is 0.338 e. The van der Waals surface area contributed by atoms with E-state index in [0.29, 0.717) is 25.3 Å². The Morgan fingerprint density at radius 2 is 2.05 bits per heavy atom. The molecule has 0 aliphatic heterocycles. The van der Waals surface area contributed by atoms with Gasteiger partial charge in [-0.3, -0.25) is 4.79 Å². The molecular formula is C16H23NO4. The first-order valence-electron chi connectivity index (χ1n) is 7.32. The number of carboxylic acids is 1. The number of hydrogen-bond donors (Lipinski definition) is 1. The van der Waals surface area contributed by atoms with Crippen LogP contribution >= 0.6 is 0 Å². The van der Waals surface area contributed by atoms with Crippen molar-refractivity contribution in [3.63, 3.8) is 0 Å². The Hall–Kier alpha value is -2.04. The van der Waals surface area contributed by atoms with Crippen LogP contribution in [-0.4, -0.2) is 36.7 Å². The fraction of sp³-hybridized carbons (Fsp3) is 0.500. The number of esters is 1. The molecular weight excluding hydrogens is 270 g/mol. The van der Waals surface area contributed by atoms with E-state index in [4.69, 9.17) is 9.84 Å². The van der Waals surface area contributed by atoms with Crippen LogP contribution in [0.5, 0.6) is 0 Å². The summed E-state index contributed by atoms with van der Waals surface area (Å²) in [7, 11) is 0. The first-order chi connectivity index (χ1) is 10.1. The van der Waals surface area contributed by atoms with Crippen LogP contribution in [0, 0.1) is 0 Å². The molecule has 116 valence electrons. The summed E-state index contributed by atoms with van der Waals surface area (Å²) in [5.41, 5.74) is 1.33. The molecule has 0 aliphatic carbocycles. The molecule has 0 aliphatic rings. The van der Waals surface area contributed by atoms with E-state index in [0.717, 1.165) is 18.5 Å². The van der Waals surface area contributed by atoms with Gasteiger partial charge in [-0.05, 0) is 31.5 Å². The van der Waals surface area contributed by atoms with Crippen molar-refractivity contribution in [1.29, 1.82) is 0 Å². The molecule has 0 fully saturated rings. The number of rotatable bonds is 9. The molecule has 1 aromatic carbocycles. The summed E-state index contributed by atoms with van der Waals surface area (Å²) in [6, 6.07) is 7.12.